The van der Waals surface area contributed by atoms with E-state index >= 15 is 0 Å². The molecule has 0 aromatic heterocycles. The largest absolute Gasteiger partial charge is 0.469 e. The van der Waals surface area contributed by atoms with Crippen molar-refractivity contribution in [3.05, 3.63) is 35.1 Å². The predicted molar refractivity (Wildman–Crippen MR) is 79.8 cm³/mol. The van der Waals surface area contributed by atoms with Crippen molar-refractivity contribution in [2.75, 3.05) is 13.7 Å². The van der Waals surface area contributed by atoms with Crippen LogP contribution in [0.2, 0.25) is 0 Å². The highest BCUT2D eigenvalue weighted by Crippen LogP contribution is 2.16. The molecule has 134 valence electrons. The van der Waals surface area contributed by atoms with Crippen molar-refractivity contribution in [3.63, 3.8) is 0 Å². The lowest BCUT2D eigenvalue weighted by atomic mass is 10.0. The Hall–Kier alpha value is -2.25. The summed E-state index contributed by atoms with van der Waals surface area (Å²) < 4.78 is 49.4. The highest BCUT2D eigenvalue weighted by atomic mass is 19.2. The standard InChI is InChI=1S/C16H20F3NO4/c1-3-4-5-24-16(22)20-11(8-15(21)23-2)6-10-7-13(18)14(19)9-12(10)17/h7,9,11H,3-6,8H2,1-2H3,(H,20,22). The third-order valence-corrected chi connectivity index (χ3v) is 3.25. The van der Waals surface area contributed by atoms with Gasteiger partial charge in [-0.15, -0.1) is 0 Å². The molecular weight excluding hydrogens is 327 g/mol. The van der Waals surface area contributed by atoms with Gasteiger partial charge in [0.25, 0.3) is 0 Å². The van der Waals surface area contributed by atoms with Crippen LogP contribution < -0.4 is 5.32 Å². The van der Waals surface area contributed by atoms with Gasteiger partial charge in [-0.25, -0.2) is 18.0 Å². The summed E-state index contributed by atoms with van der Waals surface area (Å²) in [5.41, 5.74) is -0.170. The quantitative estimate of drug-likeness (QED) is 0.446. The van der Waals surface area contributed by atoms with Gasteiger partial charge < -0.3 is 14.8 Å². The number of halogens is 3. The number of carbonyl (C=O) groups is 2. The minimum Gasteiger partial charge on any atom is -0.469 e. The van der Waals surface area contributed by atoms with Crippen LogP contribution in [0.1, 0.15) is 31.7 Å². The summed E-state index contributed by atoms with van der Waals surface area (Å²) in [5, 5.41) is 2.41. The molecule has 0 radical (unpaired) electrons. The summed E-state index contributed by atoms with van der Waals surface area (Å²) in [6.07, 6.45) is 0.241. The molecule has 1 rings (SSSR count). The van der Waals surface area contributed by atoms with E-state index < -0.39 is 35.6 Å². The van der Waals surface area contributed by atoms with Gasteiger partial charge in [0.2, 0.25) is 0 Å². The van der Waals surface area contributed by atoms with Gasteiger partial charge >= 0.3 is 12.1 Å². The van der Waals surface area contributed by atoms with Gasteiger partial charge in [-0.2, -0.15) is 0 Å². The molecule has 5 nitrogen and oxygen atoms in total. The van der Waals surface area contributed by atoms with E-state index in [0.29, 0.717) is 18.6 Å². The summed E-state index contributed by atoms with van der Waals surface area (Å²) >= 11 is 0. The van der Waals surface area contributed by atoms with Gasteiger partial charge in [0.1, 0.15) is 5.82 Å². The number of hydrogen-bond acceptors (Lipinski definition) is 4. The van der Waals surface area contributed by atoms with Crippen molar-refractivity contribution in [3.8, 4) is 0 Å². The molecule has 24 heavy (non-hydrogen) atoms. The van der Waals surface area contributed by atoms with Crippen LogP contribution >= 0.6 is 0 Å². The molecule has 8 heteroatoms. The second-order valence-electron chi connectivity index (χ2n) is 5.17. The normalized spacial score (nSPS) is 11.7. The molecule has 1 aromatic rings. The Bertz CT molecular complexity index is 581. The van der Waals surface area contributed by atoms with Crippen LogP contribution in [0.15, 0.2) is 12.1 Å². The molecule has 1 unspecified atom stereocenters. The van der Waals surface area contributed by atoms with Crippen molar-refractivity contribution in [1.29, 1.82) is 0 Å². The molecule has 0 saturated carbocycles. The fourth-order valence-corrected chi connectivity index (χ4v) is 1.96. The molecule has 0 aliphatic carbocycles. The molecule has 0 saturated heterocycles. The Kier molecular flexibility index (Phi) is 8.08. The Morgan fingerprint density at radius 3 is 2.46 bits per heavy atom. The fourth-order valence-electron chi connectivity index (χ4n) is 1.96. The van der Waals surface area contributed by atoms with Gasteiger partial charge in [-0.1, -0.05) is 13.3 Å². The number of amides is 1. The second-order valence-corrected chi connectivity index (χ2v) is 5.17. The zero-order chi connectivity index (χ0) is 18.1. The lowest BCUT2D eigenvalue weighted by Crippen LogP contribution is -2.39. The Morgan fingerprint density at radius 1 is 1.17 bits per heavy atom. The van der Waals surface area contributed by atoms with Gasteiger partial charge in [0.05, 0.1) is 20.1 Å². The van der Waals surface area contributed by atoms with E-state index in [4.69, 9.17) is 4.74 Å². The van der Waals surface area contributed by atoms with Crippen molar-refractivity contribution < 1.29 is 32.2 Å². The lowest BCUT2D eigenvalue weighted by Gasteiger charge is -2.18. The highest BCUT2D eigenvalue weighted by molar-refractivity contribution is 5.72. The molecular formula is C16H20F3NO4. The molecule has 1 amide bonds. The zero-order valence-corrected chi connectivity index (χ0v) is 13.5. The van der Waals surface area contributed by atoms with Crippen LogP contribution in [-0.2, 0) is 20.7 Å². The molecule has 0 aliphatic heterocycles. The van der Waals surface area contributed by atoms with Crippen molar-refractivity contribution in [1.82, 2.24) is 5.32 Å². The maximum Gasteiger partial charge on any atom is 0.407 e. The molecule has 1 aromatic carbocycles. The summed E-state index contributed by atoms with van der Waals surface area (Å²) in [6.45, 7) is 2.12. The highest BCUT2D eigenvalue weighted by Gasteiger charge is 2.21. The SMILES string of the molecule is CCCCOC(=O)NC(CC(=O)OC)Cc1cc(F)c(F)cc1F. The topological polar surface area (TPSA) is 64.6 Å². The van der Waals surface area contributed by atoms with Gasteiger partial charge in [0, 0.05) is 12.1 Å². The van der Waals surface area contributed by atoms with E-state index in [1.807, 2.05) is 6.92 Å². The number of hydrogen-bond donors (Lipinski definition) is 1. The first-order valence-corrected chi connectivity index (χ1v) is 7.50. The van der Waals surface area contributed by atoms with Crippen LogP contribution in [0, 0.1) is 17.5 Å². The summed E-state index contributed by atoms with van der Waals surface area (Å²) in [4.78, 5) is 23.1. The third-order valence-electron chi connectivity index (χ3n) is 3.25. The molecule has 1 atom stereocenters. The van der Waals surface area contributed by atoms with Gasteiger partial charge in [0.15, 0.2) is 11.6 Å². The molecule has 1 N–H and O–H groups in total. The fraction of sp³-hybridized carbons (Fsp3) is 0.500. The van der Waals surface area contributed by atoms with Gasteiger partial charge in [-0.3, -0.25) is 4.79 Å². The monoisotopic (exact) mass is 347 g/mol. The van der Waals surface area contributed by atoms with E-state index in [-0.39, 0.29) is 25.0 Å². The summed E-state index contributed by atoms with van der Waals surface area (Å²) in [5.74, 6) is -4.14. The van der Waals surface area contributed by atoms with Crippen LogP contribution in [0.25, 0.3) is 0 Å². The molecule has 0 aliphatic rings. The van der Waals surface area contributed by atoms with E-state index in [1.165, 1.54) is 0 Å². The van der Waals surface area contributed by atoms with Crippen LogP contribution in [0.4, 0.5) is 18.0 Å². The number of benzene rings is 1. The minimum atomic E-state index is -1.31. The van der Waals surface area contributed by atoms with Crippen LogP contribution in [0.5, 0.6) is 0 Å². The van der Waals surface area contributed by atoms with E-state index in [0.717, 1.165) is 13.5 Å². The number of alkyl carbamates (subject to hydrolysis) is 1. The number of methoxy groups -OCH3 is 1. The van der Waals surface area contributed by atoms with Crippen molar-refractivity contribution >= 4 is 12.1 Å². The van der Waals surface area contributed by atoms with Gasteiger partial charge in [-0.05, 0) is 24.5 Å². The Morgan fingerprint density at radius 2 is 1.83 bits per heavy atom. The van der Waals surface area contributed by atoms with E-state index in [9.17, 15) is 22.8 Å². The van der Waals surface area contributed by atoms with Crippen LogP contribution in [-0.4, -0.2) is 31.8 Å². The third kappa shape index (κ3) is 6.47. The van der Waals surface area contributed by atoms with E-state index in [1.54, 1.807) is 0 Å². The average molecular weight is 347 g/mol. The van der Waals surface area contributed by atoms with E-state index in [2.05, 4.69) is 10.1 Å². The molecule has 0 spiro atoms. The molecule has 0 heterocycles. The maximum absolute atomic E-state index is 13.7. The molecule has 0 bridgehead atoms. The van der Waals surface area contributed by atoms with Crippen molar-refractivity contribution in [2.24, 2.45) is 0 Å². The predicted octanol–water partition coefficient (Wildman–Crippen LogP) is 3.10. The summed E-state index contributed by atoms with van der Waals surface area (Å²) in [6, 6.07) is 0.226. The second kappa shape index (κ2) is 9.79. The Balaban J connectivity index is 2.80. The number of nitrogens with one attached hydrogen (secondary N) is 1. The zero-order valence-electron chi connectivity index (χ0n) is 13.5. The van der Waals surface area contributed by atoms with Crippen molar-refractivity contribution in [2.45, 2.75) is 38.6 Å². The Labute approximate surface area is 138 Å². The molecule has 0 fully saturated rings. The number of ether oxygens (including phenoxy) is 2. The number of unbranched alkanes of at least 4 members (excludes halogenated alkanes) is 1. The average Bonchev–Trinajstić information content (AvgIpc) is 2.52. The lowest BCUT2D eigenvalue weighted by molar-refractivity contribution is -0.141. The number of esters is 1. The first-order chi connectivity index (χ1) is 11.4. The van der Waals surface area contributed by atoms with Crippen LogP contribution in [0.3, 0.4) is 0 Å². The number of carbonyl (C=O) groups excluding carboxylic acids is 2. The smallest absolute Gasteiger partial charge is 0.407 e. The first kappa shape index (κ1) is 19.8. The minimum absolute atomic E-state index is 0.170. The summed E-state index contributed by atoms with van der Waals surface area (Å²) in [7, 11) is 1.16. The maximum atomic E-state index is 13.7. The first-order valence-electron chi connectivity index (χ1n) is 7.50. The number of rotatable bonds is 8.